The zero-order valence-electron chi connectivity index (χ0n) is 36.8. The summed E-state index contributed by atoms with van der Waals surface area (Å²) in [5.41, 5.74) is 15.5. The zero-order valence-corrected chi connectivity index (χ0v) is 36.8. The maximum atomic E-state index is 10.8. The first-order chi connectivity index (χ1) is 34.0. The Morgan fingerprint density at radius 1 is 0.319 bits per heavy atom. The van der Waals surface area contributed by atoms with Gasteiger partial charge in [-0.25, -0.2) is 9.97 Å². The van der Waals surface area contributed by atoms with Gasteiger partial charge in [0.2, 0.25) is 0 Å². The molecule has 11 rings (SSSR count). The van der Waals surface area contributed by atoms with Crippen LogP contribution >= 0.6 is 0 Å². The van der Waals surface area contributed by atoms with Gasteiger partial charge in [0.15, 0.2) is 5.82 Å². The molecule has 2 aromatic heterocycles. The van der Waals surface area contributed by atoms with E-state index in [0.29, 0.717) is 44.8 Å². The van der Waals surface area contributed by atoms with Crippen molar-refractivity contribution in [3.05, 3.63) is 235 Å². The van der Waals surface area contributed by atoms with Gasteiger partial charge in [0, 0.05) is 49.7 Å². The highest BCUT2D eigenvalue weighted by Crippen LogP contribution is 2.46. The van der Waals surface area contributed by atoms with E-state index >= 15 is 0 Å². The molecule has 0 radical (unpaired) electrons. The predicted octanol–water partition coefficient (Wildman–Crippen LogP) is 14.7. The van der Waals surface area contributed by atoms with Crippen LogP contribution in [0.3, 0.4) is 0 Å². The van der Waals surface area contributed by atoms with E-state index in [2.05, 4.69) is 77.4 Å². The monoisotopic (exact) mass is 877 g/mol. The molecule has 0 N–H and O–H groups in total. The van der Waals surface area contributed by atoms with Crippen LogP contribution in [0.15, 0.2) is 212 Å². The molecule has 7 heteroatoms. The van der Waals surface area contributed by atoms with Crippen LogP contribution in [0.5, 0.6) is 0 Å². The Hall–Kier alpha value is -10.2. The summed E-state index contributed by atoms with van der Waals surface area (Å²) in [4.78, 5) is 10.5. The topological polar surface area (TPSA) is 126 Å². The van der Waals surface area contributed by atoms with Crippen molar-refractivity contribution < 1.29 is 0 Å². The molecule has 11 aromatic rings. The van der Waals surface area contributed by atoms with Gasteiger partial charge in [0.1, 0.15) is 0 Å². The van der Waals surface area contributed by atoms with Crippen LogP contribution in [0.2, 0.25) is 0 Å². The Labute approximate surface area is 398 Å². The van der Waals surface area contributed by atoms with Gasteiger partial charge in [-0.05, 0) is 101 Å². The van der Waals surface area contributed by atoms with Crippen LogP contribution in [0, 0.1) is 45.3 Å². The average Bonchev–Trinajstić information content (AvgIpc) is 3.75. The van der Waals surface area contributed by atoms with Crippen LogP contribution in [0.4, 0.5) is 0 Å². The van der Waals surface area contributed by atoms with Gasteiger partial charge in [-0.1, -0.05) is 133 Å². The van der Waals surface area contributed by atoms with Gasteiger partial charge >= 0.3 is 0 Å². The molecule has 69 heavy (non-hydrogen) atoms. The van der Waals surface area contributed by atoms with Gasteiger partial charge in [-0.3, -0.25) is 0 Å². The summed E-state index contributed by atoms with van der Waals surface area (Å²) in [6.45, 7) is 0. The largest absolute Gasteiger partial charge is 0.308 e. The Balaban J connectivity index is 1.27. The van der Waals surface area contributed by atoms with Crippen molar-refractivity contribution in [3.63, 3.8) is 0 Å². The summed E-state index contributed by atoms with van der Waals surface area (Å²) < 4.78 is 2.25. The Kier molecular flexibility index (Phi) is 10.6. The summed E-state index contributed by atoms with van der Waals surface area (Å²) >= 11 is 0. The highest BCUT2D eigenvalue weighted by molar-refractivity contribution is 6.13. The lowest BCUT2D eigenvalue weighted by Gasteiger charge is -2.22. The lowest BCUT2D eigenvalue weighted by molar-refractivity contribution is 1.16. The number of benzene rings is 9. The molecule has 0 aliphatic heterocycles. The van der Waals surface area contributed by atoms with E-state index in [1.165, 1.54) is 0 Å². The fraction of sp³-hybridized carbons (Fsp3) is 0. The predicted molar refractivity (Wildman–Crippen MR) is 273 cm³/mol. The molecule has 0 unspecified atom stereocenters. The average molecular weight is 878 g/mol. The lowest BCUT2D eigenvalue weighted by Crippen LogP contribution is -2.04. The number of nitrogens with zero attached hydrogens (tertiary/aromatic N) is 7. The van der Waals surface area contributed by atoms with Crippen molar-refractivity contribution in [2.45, 2.75) is 0 Å². The zero-order chi connectivity index (χ0) is 46.8. The van der Waals surface area contributed by atoms with Crippen molar-refractivity contribution >= 4 is 21.8 Å². The highest BCUT2D eigenvalue weighted by atomic mass is 15.0. The van der Waals surface area contributed by atoms with E-state index in [1.54, 1.807) is 0 Å². The molecule has 0 fully saturated rings. The second kappa shape index (κ2) is 17.7. The van der Waals surface area contributed by atoms with Crippen molar-refractivity contribution in [2.75, 3.05) is 0 Å². The number of rotatable bonds is 8. The second-order valence-electron chi connectivity index (χ2n) is 16.6. The number of fused-ring (bicyclic) bond motifs is 3. The molecule has 9 aromatic carbocycles. The summed E-state index contributed by atoms with van der Waals surface area (Å²) in [6.07, 6.45) is 0. The van der Waals surface area contributed by atoms with E-state index in [1.807, 2.05) is 164 Å². The van der Waals surface area contributed by atoms with E-state index in [9.17, 15) is 21.0 Å². The highest BCUT2D eigenvalue weighted by Gasteiger charge is 2.25. The normalized spacial score (nSPS) is 10.8. The fourth-order valence-corrected chi connectivity index (χ4v) is 9.23. The first kappa shape index (κ1) is 41.5. The van der Waals surface area contributed by atoms with Crippen LogP contribution < -0.4 is 0 Å². The molecule has 0 aliphatic carbocycles. The third kappa shape index (κ3) is 7.61. The van der Waals surface area contributed by atoms with E-state index < -0.39 is 0 Å². The minimum Gasteiger partial charge on any atom is -0.308 e. The van der Waals surface area contributed by atoms with Crippen LogP contribution in [-0.4, -0.2) is 14.5 Å². The van der Waals surface area contributed by atoms with Gasteiger partial charge < -0.3 is 4.57 Å². The van der Waals surface area contributed by atoms with Crippen LogP contribution in [0.25, 0.3) is 106 Å². The Morgan fingerprint density at radius 3 is 1.14 bits per heavy atom. The number of nitriles is 4. The fourth-order valence-electron chi connectivity index (χ4n) is 9.23. The van der Waals surface area contributed by atoms with Gasteiger partial charge in [0.05, 0.1) is 74.6 Å². The molecule has 0 saturated carbocycles. The van der Waals surface area contributed by atoms with Crippen LogP contribution in [-0.2, 0) is 0 Å². The minimum absolute atomic E-state index is 0.478. The number of hydrogen-bond acceptors (Lipinski definition) is 6. The van der Waals surface area contributed by atoms with E-state index in [0.717, 1.165) is 83.4 Å². The third-order valence-electron chi connectivity index (χ3n) is 12.6. The Bertz CT molecular complexity index is 3720. The third-order valence-corrected chi connectivity index (χ3v) is 12.6. The summed E-state index contributed by atoms with van der Waals surface area (Å²) in [5, 5.41) is 42.7. The molecule has 7 nitrogen and oxygen atoms in total. The smallest absolute Gasteiger partial charge is 0.160 e. The molecule has 0 atom stereocenters. The van der Waals surface area contributed by atoms with Crippen molar-refractivity contribution in [3.8, 4) is 108 Å². The molecular formula is C62H35N7. The maximum Gasteiger partial charge on any atom is 0.160 e. The van der Waals surface area contributed by atoms with Crippen molar-refractivity contribution in [1.82, 2.24) is 14.5 Å². The standard InChI is InChI=1S/C62H35N7/c63-36-40-19-23-42(24-20-40)46-27-29-59-53(31-46)54-32-47(43-25-21-41(37-64)22-26-43)28-30-60(54)69(59)61-55(51-17-9-7-15-48(51)38-65)33-50(34-56(61)52-18-10-8-16-49(52)39-66)62-67-57(44-11-3-1-4-12-44)35-58(68-62)45-13-5-2-6-14-45/h1-35H. The molecule has 0 spiro atoms. The lowest BCUT2D eigenvalue weighted by atomic mass is 9.89. The first-order valence-electron chi connectivity index (χ1n) is 22.3. The number of hydrogen-bond donors (Lipinski definition) is 0. The first-order valence-corrected chi connectivity index (χ1v) is 22.3. The molecule has 0 saturated heterocycles. The second-order valence-corrected chi connectivity index (χ2v) is 16.6. The van der Waals surface area contributed by atoms with Gasteiger partial charge in [0.25, 0.3) is 0 Å². The quantitative estimate of drug-likeness (QED) is 0.150. The number of aromatic nitrogens is 3. The van der Waals surface area contributed by atoms with Crippen LogP contribution in [0.1, 0.15) is 22.3 Å². The molecule has 318 valence electrons. The van der Waals surface area contributed by atoms with Gasteiger partial charge in [-0.2, -0.15) is 21.0 Å². The summed E-state index contributed by atoms with van der Waals surface area (Å²) in [5.74, 6) is 0.481. The van der Waals surface area contributed by atoms with E-state index in [-0.39, 0.29) is 0 Å². The molecule has 2 heterocycles. The SMILES string of the molecule is N#Cc1ccc(-c2ccc3c(c2)c2cc(-c4ccc(C#N)cc4)ccc2n3-c2c(-c3ccccc3C#N)cc(-c3nc(-c4ccccc4)cc(-c4ccccc4)n3)cc2-c2ccccc2C#N)cc1. The molecular weight excluding hydrogens is 843 g/mol. The summed E-state index contributed by atoms with van der Waals surface area (Å²) in [6, 6.07) is 78.8. The molecule has 0 amide bonds. The molecule has 0 bridgehead atoms. The summed E-state index contributed by atoms with van der Waals surface area (Å²) in [7, 11) is 0. The van der Waals surface area contributed by atoms with Gasteiger partial charge in [-0.15, -0.1) is 0 Å². The van der Waals surface area contributed by atoms with E-state index in [4.69, 9.17) is 9.97 Å². The molecule has 0 aliphatic rings. The maximum absolute atomic E-state index is 10.8. The van der Waals surface area contributed by atoms with Crippen molar-refractivity contribution in [2.24, 2.45) is 0 Å². The minimum atomic E-state index is 0.478. The van der Waals surface area contributed by atoms with Crippen molar-refractivity contribution in [1.29, 1.82) is 21.0 Å². The Morgan fingerprint density at radius 2 is 0.725 bits per heavy atom.